The van der Waals surface area contributed by atoms with Gasteiger partial charge in [0.05, 0.1) is 16.3 Å². The number of sulfone groups is 1. The molecule has 0 spiro atoms. The van der Waals surface area contributed by atoms with E-state index in [2.05, 4.69) is 21.2 Å². The first-order chi connectivity index (χ1) is 9.30. The molecular weight excluding hydrogens is 340 g/mol. The molecule has 0 bridgehead atoms. The zero-order chi connectivity index (χ0) is 14.9. The zero-order valence-electron chi connectivity index (χ0n) is 11.1. The summed E-state index contributed by atoms with van der Waals surface area (Å²) in [5, 5.41) is 3.17. The molecule has 0 heterocycles. The first-order valence-electron chi connectivity index (χ1n) is 5.91. The zero-order valence-corrected chi connectivity index (χ0v) is 13.5. The van der Waals surface area contributed by atoms with Crippen molar-refractivity contribution >= 4 is 42.8 Å². The molecule has 0 unspecified atom stereocenters. The van der Waals surface area contributed by atoms with Gasteiger partial charge in [-0.2, -0.15) is 0 Å². The monoisotopic (exact) mass is 354 g/mol. The normalized spacial score (nSPS) is 11.3. The molecular formula is C14H15BrN2O2S. The molecule has 2 aromatic rings. The lowest BCUT2D eigenvalue weighted by atomic mass is 10.2. The van der Waals surface area contributed by atoms with Crippen LogP contribution in [0.5, 0.6) is 0 Å². The summed E-state index contributed by atoms with van der Waals surface area (Å²) in [5.74, 6) is 0. The van der Waals surface area contributed by atoms with Gasteiger partial charge < -0.3 is 11.1 Å². The predicted octanol–water partition coefficient (Wildman–Crippen LogP) is 3.49. The molecule has 0 aliphatic carbocycles. The highest BCUT2D eigenvalue weighted by atomic mass is 79.9. The van der Waals surface area contributed by atoms with Gasteiger partial charge in [-0.15, -0.1) is 0 Å². The van der Waals surface area contributed by atoms with Crippen LogP contribution >= 0.6 is 15.9 Å². The molecule has 2 rings (SSSR count). The van der Waals surface area contributed by atoms with Crippen LogP contribution in [-0.4, -0.2) is 14.7 Å². The summed E-state index contributed by atoms with van der Waals surface area (Å²) in [4.78, 5) is 0.134. The van der Waals surface area contributed by atoms with Crippen LogP contribution < -0.4 is 11.1 Å². The van der Waals surface area contributed by atoms with E-state index in [0.29, 0.717) is 5.69 Å². The fourth-order valence-electron chi connectivity index (χ4n) is 1.86. The first kappa shape index (κ1) is 14.9. The summed E-state index contributed by atoms with van der Waals surface area (Å²) in [6, 6.07) is 10.7. The van der Waals surface area contributed by atoms with Crippen molar-refractivity contribution in [2.24, 2.45) is 0 Å². The van der Waals surface area contributed by atoms with Crippen LogP contribution in [0.25, 0.3) is 0 Å². The van der Waals surface area contributed by atoms with Crippen LogP contribution in [-0.2, 0) is 9.84 Å². The van der Waals surface area contributed by atoms with E-state index >= 15 is 0 Å². The minimum absolute atomic E-state index is 0.134. The van der Waals surface area contributed by atoms with Gasteiger partial charge in [-0.25, -0.2) is 8.42 Å². The third kappa shape index (κ3) is 2.96. The van der Waals surface area contributed by atoms with E-state index in [4.69, 9.17) is 5.73 Å². The number of para-hydroxylation sites is 1. The Morgan fingerprint density at radius 3 is 2.35 bits per heavy atom. The van der Waals surface area contributed by atoms with Crippen LogP contribution in [0.2, 0.25) is 0 Å². The topological polar surface area (TPSA) is 72.2 Å². The van der Waals surface area contributed by atoms with Gasteiger partial charge in [0.2, 0.25) is 0 Å². The van der Waals surface area contributed by atoms with Crippen LogP contribution in [0.15, 0.2) is 45.8 Å². The Bertz CT molecular complexity index is 758. The molecule has 106 valence electrons. The molecule has 0 saturated heterocycles. The Morgan fingerprint density at radius 1 is 1.10 bits per heavy atom. The van der Waals surface area contributed by atoms with Gasteiger partial charge in [0.25, 0.3) is 0 Å². The molecule has 0 fully saturated rings. The van der Waals surface area contributed by atoms with Crippen LogP contribution in [0.4, 0.5) is 17.1 Å². The van der Waals surface area contributed by atoms with Gasteiger partial charge in [0.15, 0.2) is 9.84 Å². The van der Waals surface area contributed by atoms with Gasteiger partial charge in [0, 0.05) is 16.4 Å². The summed E-state index contributed by atoms with van der Waals surface area (Å²) in [6.45, 7) is 1.96. The first-order valence-corrected chi connectivity index (χ1v) is 8.60. The quantitative estimate of drug-likeness (QED) is 0.827. The molecule has 0 amide bonds. The van der Waals surface area contributed by atoms with Gasteiger partial charge in [-0.05, 0) is 36.8 Å². The van der Waals surface area contributed by atoms with Gasteiger partial charge in [0.1, 0.15) is 0 Å². The predicted molar refractivity (Wildman–Crippen MR) is 86.1 cm³/mol. The number of benzene rings is 2. The van der Waals surface area contributed by atoms with Crippen molar-refractivity contribution in [1.29, 1.82) is 0 Å². The number of nitrogens with one attached hydrogen (secondary N) is 1. The Kier molecular flexibility index (Phi) is 4.06. The highest BCUT2D eigenvalue weighted by molar-refractivity contribution is 9.10. The lowest BCUT2D eigenvalue weighted by Crippen LogP contribution is -2.05. The van der Waals surface area contributed by atoms with Crippen LogP contribution in [0.1, 0.15) is 5.56 Å². The number of hydrogen-bond acceptors (Lipinski definition) is 4. The molecule has 0 saturated carbocycles. The van der Waals surface area contributed by atoms with Crippen molar-refractivity contribution in [3.05, 3.63) is 46.4 Å². The number of rotatable bonds is 3. The number of anilines is 3. The number of hydrogen-bond donors (Lipinski definition) is 2. The Hall–Kier alpha value is -1.53. The highest BCUT2D eigenvalue weighted by Crippen LogP contribution is 2.32. The lowest BCUT2D eigenvalue weighted by molar-refractivity contribution is 0.602. The molecule has 0 atom stereocenters. The molecule has 20 heavy (non-hydrogen) atoms. The third-order valence-electron chi connectivity index (χ3n) is 3.00. The summed E-state index contributed by atoms with van der Waals surface area (Å²) < 4.78 is 24.3. The molecule has 3 N–H and O–H groups in total. The Labute approximate surface area is 127 Å². The van der Waals surface area contributed by atoms with Crippen molar-refractivity contribution in [3.63, 3.8) is 0 Å². The maximum absolute atomic E-state index is 11.7. The molecule has 2 aromatic carbocycles. The van der Waals surface area contributed by atoms with Gasteiger partial charge >= 0.3 is 0 Å². The van der Waals surface area contributed by atoms with Crippen molar-refractivity contribution in [3.8, 4) is 0 Å². The Morgan fingerprint density at radius 2 is 1.70 bits per heavy atom. The van der Waals surface area contributed by atoms with E-state index in [0.717, 1.165) is 22.0 Å². The smallest absolute Gasteiger partial charge is 0.177 e. The van der Waals surface area contributed by atoms with E-state index in [-0.39, 0.29) is 10.6 Å². The minimum atomic E-state index is -3.34. The summed E-state index contributed by atoms with van der Waals surface area (Å²) in [5.41, 5.74) is 8.66. The van der Waals surface area contributed by atoms with Crippen LogP contribution in [0.3, 0.4) is 0 Å². The van der Waals surface area contributed by atoms with Crippen molar-refractivity contribution in [2.75, 3.05) is 17.3 Å². The largest absolute Gasteiger partial charge is 0.396 e. The lowest BCUT2D eigenvalue weighted by Gasteiger charge is -2.14. The summed E-state index contributed by atoms with van der Waals surface area (Å²) >= 11 is 3.46. The van der Waals surface area contributed by atoms with Crippen LogP contribution in [0, 0.1) is 6.92 Å². The molecule has 6 heteroatoms. The second-order valence-electron chi connectivity index (χ2n) is 4.53. The molecule has 0 radical (unpaired) electrons. The summed E-state index contributed by atoms with van der Waals surface area (Å²) in [7, 11) is -3.34. The van der Waals surface area contributed by atoms with Crippen molar-refractivity contribution < 1.29 is 8.42 Å². The second kappa shape index (κ2) is 5.46. The number of nitrogens with two attached hydrogens (primary N) is 1. The third-order valence-corrected chi connectivity index (χ3v) is 5.02. The van der Waals surface area contributed by atoms with Crippen molar-refractivity contribution in [1.82, 2.24) is 0 Å². The van der Waals surface area contributed by atoms with E-state index < -0.39 is 9.84 Å². The maximum atomic E-state index is 11.7. The fraction of sp³-hybridized carbons (Fsp3) is 0.143. The molecule has 0 aliphatic heterocycles. The van der Waals surface area contributed by atoms with E-state index in [1.807, 2.05) is 25.1 Å². The average Bonchev–Trinajstić information content (AvgIpc) is 2.36. The standard InChI is InChI=1S/C14H15BrN2O2S/c1-9-10(15)5-3-6-11(9)17-12-7-4-8-13(14(12)16)20(2,18)19/h3-8,17H,16H2,1-2H3. The number of nitrogen functional groups attached to an aromatic ring is 1. The Balaban J connectivity index is 2.48. The SMILES string of the molecule is Cc1c(Br)cccc1Nc1cccc(S(C)(=O)=O)c1N. The number of halogens is 1. The minimum Gasteiger partial charge on any atom is -0.396 e. The van der Waals surface area contributed by atoms with Crippen molar-refractivity contribution in [2.45, 2.75) is 11.8 Å². The highest BCUT2D eigenvalue weighted by Gasteiger charge is 2.14. The maximum Gasteiger partial charge on any atom is 0.177 e. The van der Waals surface area contributed by atoms with Gasteiger partial charge in [-0.1, -0.05) is 28.1 Å². The van der Waals surface area contributed by atoms with Gasteiger partial charge in [-0.3, -0.25) is 0 Å². The van der Waals surface area contributed by atoms with E-state index in [1.165, 1.54) is 6.07 Å². The molecule has 0 aliphatic rings. The average molecular weight is 355 g/mol. The molecule has 4 nitrogen and oxygen atoms in total. The fourth-order valence-corrected chi connectivity index (χ4v) is 3.07. The second-order valence-corrected chi connectivity index (χ2v) is 7.37. The van der Waals surface area contributed by atoms with E-state index in [1.54, 1.807) is 12.1 Å². The van der Waals surface area contributed by atoms with E-state index in [9.17, 15) is 8.42 Å². The summed E-state index contributed by atoms with van der Waals surface area (Å²) in [6.07, 6.45) is 1.15. The molecule has 0 aromatic heterocycles.